The first-order valence-corrected chi connectivity index (χ1v) is 5.98. The van der Waals surface area contributed by atoms with E-state index >= 15 is 0 Å². The molecule has 2 nitrogen and oxygen atoms in total. The molecule has 1 atom stereocenters. The summed E-state index contributed by atoms with van der Waals surface area (Å²) in [5.41, 5.74) is 5.65. The first-order valence-electron chi connectivity index (χ1n) is 5.98. The van der Waals surface area contributed by atoms with E-state index in [-0.39, 0.29) is 0 Å². The first-order chi connectivity index (χ1) is 6.52. The maximum Gasteiger partial charge on any atom is 0.0107 e. The molecule has 0 saturated heterocycles. The van der Waals surface area contributed by atoms with Crippen LogP contribution in [0.15, 0.2) is 0 Å². The second-order valence-corrected chi connectivity index (χ2v) is 4.82. The van der Waals surface area contributed by atoms with Crippen molar-refractivity contribution in [3.8, 4) is 0 Å². The molecular formula is C12H28N2. The average Bonchev–Trinajstić information content (AvgIpc) is 2.10. The van der Waals surface area contributed by atoms with Crippen molar-refractivity contribution in [1.82, 2.24) is 4.90 Å². The van der Waals surface area contributed by atoms with Crippen molar-refractivity contribution in [3.63, 3.8) is 0 Å². The van der Waals surface area contributed by atoms with Crippen molar-refractivity contribution in [2.24, 2.45) is 11.7 Å². The van der Waals surface area contributed by atoms with Crippen molar-refractivity contribution >= 4 is 0 Å². The predicted molar refractivity (Wildman–Crippen MR) is 64.4 cm³/mol. The molecule has 2 heteroatoms. The third kappa shape index (κ3) is 4.97. The molecule has 0 aromatic rings. The monoisotopic (exact) mass is 200 g/mol. The van der Waals surface area contributed by atoms with Gasteiger partial charge in [-0.15, -0.1) is 0 Å². The highest BCUT2D eigenvalue weighted by Gasteiger charge is 2.19. The number of nitrogens with two attached hydrogens (primary N) is 1. The van der Waals surface area contributed by atoms with E-state index in [0.29, 0.717) is 12.1 Å². The summed E-state index contributed by atoms with van der Waals surface area (Å²) in [4.78, 5) is 2.59. The minimum absolute atomic E-state index is 0.633. The van der Waals surface area contributed by atoms with E-state index in [1.807, 2.05) is 0 Å². The summed E-state index contributed by atoms with van der Waals surface area (Å²) in [5.74, 6) is 0.740. The summed E-state index contributed by atoms with van der Waals surface area (Å²) in [6.45, 7) is 13.4. The Hall–Kier alpha value is -0.0800. The lowest BCUT2D eigenvalue weighted by Gasteiger charge is -2.35. The second-order valence-electron chi connectivity index (χ2n) is 4.82. The summed E-state index contributed by atoms with van der Waals surface area (Å²) in [6, 6.07) is 1.30. The molecule has 0 aliphatic rings. The van der Waals surface area contributed by atoms with Gasteiger partial charge in [-0.2, -0.15) is 0 Å². The van der Waals surface area contributed by atoms with Crippen LogP contribution in [0.3, 0.4) is 0 Å². The van der Waals surface area contributed by atoms with Crippen LogP contribution in [-0.2, 0) is 0 Å². The van der Waals surface area contributed by atoms with Crippen LogP contribution in [0.25, 0.3) is 0 Å². The van der Waals surface area contributed by atoms with Gasteiger partial charge < -0.3 is 5.73 Å². The average molecular weight is 200 g/mol. The van der Waals surface area contributed by atoms with Crippen LogP contribution in [0, 0.1) is 5.92 Å². The quantitative estimate of drug-likeness (QED) is 0.684. The van der Waals surface area contributed by atoms with Crippen LogP contribution < -0.4 is 5.73 Å². The zero-order valence-electron chi connectivity index (χ0n) is 10.6. The molecule has 2 N–H and O–H groups in total. The topological polar surface area (TPSA) is 29.3 Å². The Morgan fingerprint density at radius 3 is 2.00 bits per heavy atom. The van der Waals surface area contributed by atoms with Crippen LogP contribution in [0.4, 0.5) is 0 Å². The molecule has 0 aromatic heterocycles. The third-order valence-electron chi connectivity index (χ3n) is 2.68. The number of rotatable bonds is 7. The van der Waals surface area contributed by atoms with Crippen LogP contribution >= 0.6 is 0 Å². The molecule has 0 saturated carbocycles. The summed E-state index contributed by atoms with van der Waals surface area (Å²) in [7, 11) is 0. The Bertz CT molecular complexity index is 132. The molecule has 1 unspecified atom stereocenters. The summed E-state index contributed by atoms with van der Waals surface area (Å²) in [6.07, 6.45) is 2.34. The van der Waals surface area contributed by atoms with Gasteiger partial charge >= 0.3 is 0 Å². The van der Waals surface area contributed by atoms with E-state index < -0.39 is 0 Å². The molecule has 0 amide bonds. The fourth-order valence-electron chi connectivity index (χ4n) is 2.00. The van der Waals surface area contributed by atoms with Gasteiger partial charge in [0, 0.05) is 18.6 Å². The highest BCUT2D eigenvalue weighted by molar-refractivity contribution is 4.75. The van der Waals surface area contributed by atoms with Crippen LogP contribution in [-0.4, -0.2) is 30.1 Å². The van der Waals surface area contributed by atoms with Crippen molar-refractivity contribution < 1.29 is 0 Å². The van der Waals surface area contributed by atoms with Gasteiger partial charge in [-0.1, -0.05) is 20.8 Å². The standard InChI is InChI=1S/C12H28N2/c1-6-12(7-8-13)14(11(4)5)9-10(2)3/h10-12H,6-9,13H2,1-5H3. The highest BCUT2D eigenvalue weighted by atomic mass is 15.2. The predicted octanol–water partition coefficient (Wildman–Crippen LogP) is 2.48. The fourth-order valence-corrected chi connectivity index (χ4v) is 2.00. The Labute approximate surface area is 89.9 Å². The molecule has 0 aromatic carbocycles. The third-order valence-corrected chi connectivity index (χ3v) is 2.68. The highest BCUT2D eigenvalue weighted by Crippen LogP contribution is 2.14. The Kier molecular flexibility index (Phi) is 7.20. The lowest BCUT2D eigenvalue weighted by molar-refractivity contribution is 0.125. The van der Waals surface area contributed by atoms with E-state index in [1.165, 1.54) is 13.0 Å². The Morgan fingerprint density at radius 2 is 1.71 bits per heavy atom. The number of nitrogens with zero attached hydrogens (tertiary/aromatic N) is 1. The molecule has 86 valence electrons. The van der Waals surface area contributed by atoms with E-state index in [2.05, 4.69) is 39.5 Å². The largest absolute Gasteiger partial charge is 0.330 e. The second kappa shape index (κ2) is 7.24. The van der Waals surface area contributed by atoms with Gasteiger partial charge in [0.1, 0.15) is 0 Å². The zero-order chi connectivity index (χ0) is 11.1. The summed E-state index contributed by atoms with van der Waals surface area (Å²) < 4.78 is 0. The maximum atomic E-state index is 5.65. The SMILES string of the molecule is CCC(CCN)N(CC(C)C)C(C)C. The molecule has 0 spiro atoms. The smallest absolute Gasteiger partial charge is 0.0107 e. The molecule has 0 rings (SSSR count). The van der Waals surface area contributed by atoms with Crippen molar-refractivity contribution in [2.75, 3.05) is 13.1 Å². The minimum atomic E-state index is 0.633. The van der Waals surface area contributed by atoms with Gasteiger partial charge in [-0.25, -0.2) is 0 Å². The van der Waals surface area contributed by atoms with Crippen molar-refractivity contribution in [1.29, 1.82) is 0 Å². The van der Waals surface area contributed by atoms with E-state index in [4.69, 9.17) is 5.73 Å². The number of hydrogen-bond donors (Lipinski definition) is 1. The molecule has 0 aliphatic heterocycles. The minimum Gasteiger partial charge on any atom is -0.330 e. The lowest BCUT2D eigenvalue weighted by atomic mass is 10.0. The molecule has 0 heterocycles. The normalized spacial score (nSPS) is 14.4. The van der Waals surface area contributed by atoms with Gasteiger partial charge in [-0.3, -0.25) is 4.90 Å². The van der Waals surface area contributed by atoms with E-state index in [0.717, 1.165) is 18.9 Å². The molecule has 0 bridgehead atoms. The van der Waals surface area contributed by atoms with Gasteiger partial charge in [0.2, 0.25) is 0 Å². The van der Waals surface area contributed by atoms with Gasteiger partial charge in [0.25, 0.3) is 0 Å². The van der Waals surface area contributed by atoms with Crippen molar-refractivity contribution in [3.05, 3.63) is 0 Å². The number of hydrogen-bond acceptors (Lipinski definition) is 2. The van der Waals surface area contributed by atoms with Crippen molar-refractivity contribution in [2.45, 2.75) is 59.5 Å². The maximum absolute atomic E-state index is 5.65. The summed E-state index contributed by atoms with van der Waals surface area (Å²) >= 11 is 0. The van der Waals surface area contributed by atoms with E-state index in [9.17, 15) is 0 Å². The van der Waals surface area contributed by atoms with Crippen LogP contribution in [0.5, 0.6) is 0 Å². The Morgan fingerprint density at radius 1 is 1.14 bits per heavy atom. The van der Waals surface area contributed by atoms with E-state index in [1.54, 1.807) is 0 Å². The van der Waals surface area contributed by atoms with Gasteiger partial charge in [-0.05, 0) is 39.2 Å². The Balaban J connectivity index is 4.27. The molecule has 14 heavy (non-hydrogen) atoms. The molecule has 0 aliphatic carbocycles. The van der Waals surface area contributed by atoms with Gasteiger partial charge in [0.15, 0.2) is 0 Å². The zero-order valence-corrected chi connectivity index (χ0v) is 10.6. The fraction of sp³-hybridized carbons (Fsp3) is 1.00. The first kappa shape index (κ1) is 13.9. The molecular weight excluding hydrogens is 172 g/mol. The lowest BCUT2D eigenvalue weighted by Crippen LogP contribution is -2.43. The van der Waals surface area contributed by atoms with Crippen LogP contribution in [0.2, 0.25) is 0 Å². The van der Waals surface area contributed by atoms with Gasteiger partial charge in [0.05, 0.1) is 0 Å². The summed E-state index contributed by atoms with van der Waals surface area (Å²) in [5, 5.41) is 0. The van der Waals surface area contributed by atoms with Crippen LogP contribution in [0.1, 0.15) is 47.5 Å². The molecule has 0 fully saturated rings. The molecule has 0 radical (unpaired) electrons.